The van der Waals surface area contributed by atoms with Crippen molar-refractivity contribution in [1.29, 1.82) is 0 Å². The quantitative estimate of drug-likeness (QED) is 0.705. The molecule has 6 nitrogen and oxygen atoms in total. The molecule has 0 saturated carbocycles. The molecule has 1 atom stereocenters. The molecule has 1 saturated heterocycles. The Morgan fingerprint density at radius 1 is 1.07 bits per heavy atom. The monoisotopic (exact) mass is 406 g/mol. The minimum atomic E-state index is -0.388. The number of ether oxygens (including phenoxy) is 1. The third-order valence-corrected chi connectivity index (χ3v) is 5.69. The van der Waals surface area contributed by atoms with Crippen LogP contribution >= 0.6 is 0 Å². The number of amides is 1. The molecule has 6 heteroatoms. The van der Waals surface area contributed by atoms with E-state index in [-0.39, 0.29) is 23.1 Å². The molecule has 4 rings (SSSR count). The van der Waals surface area contributed by atoms with Crippen LogP contribution in [0, 0.1) is 13.8 Å². The van der Waals surface area contributed by atoms with E-state index in [1.165, 1.54) is 6.07 Å². The molecular weight excluding hydrogens is 380 g/mol. The summed E-state index contributed by atoms with van der Waals surface area (Å²) in [4.78, 5) is 27.6. The first-order valence-corrected chi connectivity index (χ1v) is 10.2. The smallest absolute Gasteiger partial charge is 0.287 e. The molecule has 0 spiro atoms. The van der Waals surface area contributed by atoms with Crippen molar-refractivity contribution in [2.45, 2.75) is 19.9 Å². The van der Waals surface area contributed by atoms with Crippen LogP contribution in [0.4, 0.5) is 0 Å². The molecule has 1 aliphatic heterocycles. The van der Waals surface area contributed by atoms with Crippen LogP contribution in [-0.4, -0.2) is 43.7 Å². The Kier molecular flexibility index (Phi) is 5.97. The van der Waals surface area contributed by atoms with Gasteiger partial charge in [0.15, 0.2) is 11.2 Å². The maximum absolute atomic E-state index is 12.8. The van der Waals surface area contributed by atoms with Crippen molar-refractivity contribution in [3.8, 4) is 0 Å². The molecule has 1 aliphatic rings. The van der Waals surface area contributed by atoms with Gasteiger partial charge in [-0.05, 0) is 42.7 Å². The van der Waals surface area contributed by atoms with Gasteiger partial charge >= 0.3 is 0 Å². The molecule has 156 valence electrons. The average molecular weight is 406 g/mol. The van der Waals surface area contributed by atoms with Gasteiger partial charge in [-0.1, -0.05) is 30.3 Å². The van der Waals surface area contributed by atoms with Gasteiger partial charge in [0.25, 0.3) is 5.91 Å². The van der Waals surface area contributed by atoms with Crippen LogP contribution in [0.3, 0.4) is 0 Å². The van der Waals surface area contributed by atoms with Crippen LogP contribution in [0.15, 0.2) is 57.7 Å². The first-order chi connectivity index (χ1) is 14.5. The van der Waals surface area contributed by atoms with Gasteiger partial charge in [0.1, 0.15) is 5.58 Å². The highest BCUT2D eigenvalue weighted by atomic mass is 16.5. The van der Waals surface area contributed by atoms with Crippen molar-refractivity contribution in [1.82, 2.24) is 10.2 Å². The molecular formula is C24H26N2O4. The number of carbonyl (C=O) groups excluding carboxylic acids is 1. The molecule has 1 N–H and O–H groups in total. The Balaban J connectivity index is 1.56. The zero-order chi connectivity index (χ0) is 21.1. The lowest BCUT2D eigenvalue weighted by Gasteiger charge is -2.34. The second-order valence-corrected chi connectivity index (χ2v) is 7.69. The summed E-state index contributed by atoms with van der Waals surface area (Å²) >= 11 is 0. The summed E-state index contributed by atoms with van der Waals surface area (Å²) in [6, 6.07) is 15.0. The number of nitrogens with zero attached hydrogens (tertiary/aromatic N) is 1. The number of morpholine rings is 1. The van der Waals surface area contributed by atoms with Crippen LogP contribution < -0.4 is 10.7 Å². The van der Waals surface area contributed by atoms with Crippen molar-refractivity contribution in [3.05, 3.63) is 81.2 Å². The van der Waals surface area contributed by atoms with E-state index in [2.05, 4.69) is 22.3 Å². The fourth-order valence-electron chi connectivity index (χ4n) is 3.82. The SMILES string of the molecule is Cc1cc2oc(C(=O)NCC(c3ccccc3)N3CCOCC3)cc(=O)c2cc1C. The summed E-state index contributed by atoms with van der Waals surface area (Å²) in [6.07, 6.45) is 0. The van der Waals surface area contributed by atoms with E-state index in [4.69, 9.17) is 9.15 Å². The largest absolute Gasteiger partial charge is 0.451 e. The number of rotatable bonds is 5. The lowest BCUT2D eigenvalue weighted by atomic mass is 10.0. The van der Waals surface area contributed by atoms with Gasteiger partial charge in [0.2, 0.25) is 0 Å². The van der Waals surface area contributed by atoms with Gasteiger partial charge in [-0.15, -0.1) is 0 Å². The highest BCUT2D eigenvalue weighted by Crippen LogP contribution is 2.22. The summed E-state index contributed by atoms with van der Waals surface area (Å²) in [5.74, 6) is -0.356. The van der Waals surface area contributed by atoms with Gasteiger partial charge in [-0.2, -0.15) is 0 Å². The molecule has 2 heterocycles. The van der Waals surface area contributed by atoms with E-state index in [9.17, 15) is 9.59 Å². The van der Waals surface area contributed by atoms with E-state index in [1.807, 2.05) is 44.2 Å². The van der Waals surface area contributed by atoms with E-state index < -0.39 is 0 Å². The predicted molar refractivity (Wildman–Crippen MR) is 116 cm³/mol. The molecule has 30 heavy (non-hydrogen) atoms. The average Bonchev–Trinajstić information content (AvgIpc) is 2.76. The highest BCUT2D eigenvalue weighted by Gasteiger charge is 2.24. The van der Waals surface area contributed by atoms with E-state index in [0.29, 0.717) is 30.7 Å². The zero-order valence-corrected chi connectivity index (χ0v) is 17.3. The van der Waals surface area contributed by atoms with Gasteiger partial charge in [0.05, 0.1) is 24.6 Å². The van der Waals surface area contributed by atoms with Gasteiger partial charge in [-0.25, -0.2) is 0 Å². The summed E-state index contributed by atoms with van der Waals surface area (Å²) in [5, 5.41) is 3.45. The van der Waals surface area contributed by atoms with Gasteiger partial charge in [0, 0.05) is 25.7 Å². The fraction of sp³-hybridized carbons (Fsp3) is 0.333. The van der Waals surface area contributed by atoms with Gasteiger partial charge < -0.3 is 14.5 Å². The van der Waals surface area contributed by atoms with E-state index in [1.54, 1.807) is 0 Å². The fourth-order valence-corrected chi connectivity index (χ4v) is 3.82. The molecule has 1 aromatic heterocycles. The third kappa shape index (κ3) is 4.30. The predicted octanol–water partition coefficient (Wildman–Crippen LogP) is 3.21. The molecule has 1 amide bonds. The van der Waals surface area contributed by atoms with Crippen molar-refractivity contribution in [2.24, 2.45) is 0 Å². The number of aryl methyl sites for hydroxylation is 2. The topological polar surface area (TPSA) is 71.8 Å². The zero-order valence-electron chi connectivity index (χ0n) is 17.3. The Labute approximate surface area is 175 Å². The van der Waals surface area contributed by atoms with Crippen molar-refractivity contribution >= 4 is 16.9 Å². The van der Waals surface area contributed by atoms with Crippen LogP contribution in [0.25, 0.3) is 11.0 Å². The summed E-state index contributed by atoms with van der Waals surface area (Å²) in [5.41, 5.74) is 3.38. The maximum Gasteiger partial charge on any atom is 0.287 e. The molecule has 1 unspecified atom stereocenters. The van der Waals surface area contributed by atoms with E-state index in [0.717, 1.165) is 29.8 Å². The first-order valence-electron chi connectivity index (χ1n) is 10.2. The first kappa shape index (κ1) is 20.3. The third-order valence-electron chi connectivity index (χ3n) is 5.69. The Morgan fingerprint density at radius 2 is 1.77 bits per heavy atom. The molecule has 0 bridgehead atoms. The summed E-state index contributed by atoms with van der Waals surface area (Å²) < 4.78 is 11.3. The number of nitrogens with one attached hydrogen (secondary N) is 1. The minimum absolute atomic E-state index is 0.0242. The van der Waals surface area contributed by atoms with Crippen molar-refractivity contribution in [2.75, 3.05) is 32.8 Å². The summed E-state index contributed by atoms with van der Waals surface area (Å²) in [6.45, 7) is 7.28. The Morgan fingerprint density at radius 3 is 2.50 bits per heavy atom. The normalized spacial score (nSPS) is 15.8. The number of hydrogen-bond donors (Lipinski definition) is 1. The van der Waals surface area contributed by atoms with Crippen molar-refractivity contribution in [3.63, 3.8) is 0 Å². The second-order valence-electron chi connectivity index (χ2n) is 7.69. The van der Waals surface area contributed by atoms with Crippen LogP contribution in [-0.2, 0) is 4.74 Å². The number of fused-ring (bicyclic) bond motifs is 1. The molecule has 3 aromatic rings. The second kappa shape index (κ2) is 8.81. The van der Waals surface area contributed by atoms with Crippen LogP contribution in [0.1, 0.15) is 33.3 Å². The molecule has 2 aromatic carbocycles. The number of benzene rings is 2. The van der Waals surface area contributed by atoms with Crippen molar-refractivity contribution < 1.29 is 13.9 Å². The van der Waals surface area contributed by atoms with Crippen LogP contribution in [0.2, 0.25) is 0 Å². The van der Waals surface area contributed by atoms with Crippen LogP contribution in [0.5, 0.6) is 0 Å². The minimum Gasteiger partial charge on any atom is -0.451 e. The molecule has 1 fully saturated rings. The summed E-state index contributed by atoms with van der Waals surface area (Å²) in [7, 11) is 0. The Bertz CT molecular complexity index is 1100. The lowest BCUT2D eigenvalue weighted by Crippen LogP contribution is -2.43. The number of hydrogen-bond acceptors (Lipinski definition) is 5. The highest BCUT2D eigenvalue weighted by molar-refractivity contribution is 5.93. The molecule has 0 aliphatic carbocycles. The van der Waals surface area contributed by atoms with E-state index >= 15 is 0 Å². The number of carbonyl (C=O) groups is 1. The van der Waals surface area contributed by atoms with Gasteiger partial charge in [-0.3, -0.25) is 14.5 Å². The maximum atomic E-state index is 12.8. The molecule has 0 radical (unpaired) electrons. The lowest BCUT2D eigenvalue weighted by molar-refractivity contribution is 0.0161. The standard InChI is InChI=1S/C24H26N2O4/c1-16-12-19-21(27)14-23(30-22(19)13-17(16)2)24(28)25-15-20(18-6-4-3-5-7-18)26-8-10-29-11-9-26/h3-7,12-14,20H,8-11,15H2,1-2H3,(H,25,28). The Hall–Kier alpha value is -2.96.